The first-order valence-corrected chi connectivity index (χ1v) is 12.7. The molecule has 1 aromatic heterocycles. The van der Waals surface area contributed by atoms with Crippen molar-refractivity contribution in [1.82, 2.24) is 9.97 Å². The summed E-state index contributed by atoms with van der Waals surface area (Å²) in [7, 11) is -0.533. The normalized spacial score (nSPS) is 11.5. The third kappa shape index (κ3) is 5.56. The van der Waals surface area contributed by atoms with E-state index in [1.165, 1.54) is 18.5 Å². The van der Waals surface area contributed by atoms with Crippen LogP contribution in [0.25, 0.3) is 10.9 Å². The van der Waals surface area contributed by atoms with Crippen LogP contribution < -0.4 is 14.8 Å². The molecule has 0 radical (unpaired) electrons. The van der Waals surface area contributed by atoms with Gasteiger partial charge < -0.3 is 19.6 Å². The predicted molar refractivity (Wildman–Crippen MR) is 115 cm³/mol. The van der Waals surface area contributed by atoms with Gasteiger partial charge in [0.1, 0.15) is 18.0 Å². The summed E-state index contributed by atoms with van der Waals surface area (Å²) in [5.41, 5.74) is 1.27. The summed E-state index contributed by atoms with van der Waals surface area (Å²) in [4.78, 5) is 18.6. The van der Waals surface area contributed by atoms with Gasteiger partial charge in [-0.2, -0.15) is 0 Å². The number of halogens is 2. The first kappa shape index (κ1) is 21.3. The number of methoxy groups -OCH3 is 1. The number of anilines is 2. The summed E-state index contributed by atoms with van der Waals surface area (Å²) < 4.78 is 24.8. The second-order valence-corrected chi connectivity index (χ2v) is 11.8. The third-order valence-corrected chi connectivity index (χ3v) is 6.16. The zero-order chi connectivity index (χ0) is 21.0. The fraction of sp³-hybridized carbons (Fsp3) is 0.300. The molecule has 0 aliphatic heterocycles. The molecule has 2 N–H and O–H groups in total. The maximum atomic E-state index is 13.4. The van der Waals surface area contributed by atoms with Gasteiger partial charge >= 0.3 is 0 Å². The van der Waals surface area contributed by atoms with Crippen LogP contribution in [0.5, 0.6) is 11.5 Å². The van der Waals surface area contributed by atoms with Gasteiger partial charge in [0, 0.05) is 17.1 Å². The van der Waals surface area contributed by atoms with Gasteiger partial charge in [-0.15, -0.1) is 0 Å². The summed E-state index contributed by atoms with van der Waals surface area (Å²) in [6.45, 7) is 4.27. The van der Waals surface area contributed by atoms with Crippen LogP contribution in [0.15, 0.2) is 36.7 Å². The maximum absolute atomic E-state index is 13.4. The van der Waals surface area contributed by atoms with Crippen LogP contribution in [0.4, 0.5) is 15.9 Å². The van der Waals surface area contributed by atoms with E-state index in [1.807, 2.05) is 19.2 Å². The third-order valence-electron chi connectivity index (χ3n) is 4.29. The number of aromatic nitrogens is 2. The highest BCUT2D eigenvalue weighted by Gasteiger charge is 2.17. The minimum absolute atomic E-state index is 0.0226. The van der Waals surface area contributed by atoms with Gasteiger partial charge in [0.15, 0.2) is 19.8 Å². The molecular weight excluding hydrogens is 413 g/mol. The Hall–Kier alpha value is -2.42. The number of ether oxygens (including phenoxy) is 2. The molecule has 0 fully saturated rings. The van der Waals surface area contributed by atoms with Crippen molar-refractivity contribution in [2.75, 3.05) is 19.0 Å². The van der Waals surface area contributed by atoms with Gasteiger partial charge in [0.2, 0.25) is 0 Å². The molecule has 9 heteroatoms. The largest absolute Gasteiger partial charge is 0.493 e. The summed E-state index contributed by atoms with van der Waals surface area (Å²) in [5.74, 6) is 1.17. The van der Waals surface area contributed by atoms with E-state index in [0.717, 1.165) is 17.9 Å². The van der Waals surface area contributed by atoms with Gasteiger partial charge in [0.05, 0.1) is 24.3 Å². The highest BCUT2D eigenvalue weighted by molar-refractivity contribution is 6.69. The van der Waals surface area contributed by atoms with E-state index in [9.17, 15) is 9.19 Å². The molecule has 0 aliphatic rings. The van der Waals surface area contributed by atoms with Gasteiger partial charge in [-0.05, 0) is 49.8 Å². The topological polar surface area (TPSA) is 76.5 Å². The van der Waals surface area contributed by atoms with Crippen LogP contribution >= 0.6 is 11.6 Å². The highest BCUT2D eigenvalue weighted by atomic mass is 35.5. The molecule has 6 nitrogen and oxygen atoms in total. The van der Waals surface area contributed by atoms with Crippen molar-refractivity contribution < 1.29 is 18.7 Å². The summed E-state index contributed by atoms with van der Waals surface area (Å²) >= 11 is 5.87. The Balaban J connectivity index is 1.88. The average Bonchev–Trinajstić information content (AvgIpc) is 2.67. The van der Waals surface area contributed by atoms with E-state index in [4.69, 9.17) is 21.1 Å². The molecule has 2 aromatic carbocycles. The van der Waals surface area contributed by atoms with Gasteiger partial charge in [-0.3, -0.25) is 0 Å². The van der Waals surface area contributed by atoms with Crippen molar-refractivity contribution in [3.05, 3.63) is 47.5 Å². The maximum Gasteiger partial charge on any atom is 0.182 e. The molecule has 29 heavy (non-hydrogen) atoms. The lowest BCUT2D eigenvalue weighted by molar-refractivity contribution is 0.293. The van der Waals surface area contributed by atoms with Crippen molar-refractivity contribution >= 4 is 42.3 Å². The lowest BCUT2D eigenvalue weighted by Gasteiger charge is -2.16. The van der Waals surface area contributed by atoms with E-state index >= 15 is 0 Å². The molecule has 0 spiro atoms. The van der Waals surface area contributed by atoms with E-state index in [1.54, 1.807) is 19.2 Å². The number of hydrogen-bond donors (Lipinski definition) is 2. The molecule has 3 rings (SSSR count). The molecule has 0 atom stereocenters. The van der Waals surface area contributed by atoms with Crippen molar-refractivity contribution in [2.45, 2.75) is 25.6 Å². The standard InChI is InChI=1S/C20H23ClFN3O3Si/c1-27-18-11-17-14(10-19(18)28-7-4-8-29(2,3)26)20(24-12-23-17)25-13-5-6-16(22)15(21)9-13/h5-6,9-12,26H,4,7-8H2,1-3H3,(H,23,24,25). The van der Waals surface area contributed by atoms with Crippen molar-refractivity contribution in [2.24, 2.45) is 0 Å². The number of fused-ring (bicyclic) bond motifs is 1. The van der Waals surface area contributed by atoms with Crippen LogP contribution in [0.3, 0.4) is 0 Å². The second-order valence-electron chi connectivity index (χ2n) is 7.26. The minimum atomic E-state index is -2.10. The lowest BCUT2D eigenvalue weighted by Crippen LogP contribution is -2.25. The van der Waals surface area contributed by atoms with Gasteiger partial charge in [-0.25, -0.2) is 14.4 Å². The second kappa shape index (κ2) is 8.94. The number of hydrogen-bond acceptors (Lipinski definition) is 6. The Bertz CT molecular complexity index is 1010. The molecular formula is C20H23ClFN3O3Si. The Morgan fingerprint density at radius 1 is 1.17 bits per heavy atom. The molecule has 0 saturated heterocycles. The molecule has 154 valence electrons. The predicted octanol–water partition coefficient (Wildman–Crippen LogP) is 5.14. The number of benzene rings is 2. The fourth-order valence-corrected chi connectivity index (χ4v) is 4.02. The smallest absolute Gasteiger partial charge is 0.182 e. The van der Waals surface area contributed by atoms with E-state index in [2.05, 4.69) is 15.3 Å². The van der Waals surface area contributed by atoms with E-state index < -0.39 is 14.1 Å². The Morgan fingerprint density at radius 2 is 1.97 bits per heavy atom. The highest BCUT2D eigenvalue weighted by Crippen LogP contribution is 2.35. The molecule has 0 aliphatic carbocycles. The van der Waals surface area contributed by atoms with Crippen molar-refractivity contribution in [3.63, 3.8) is 0 Å². The summed E-state index contributed by atoms with van der Waals surface area (Å²) in [6.07, 6.45) is 2.19. The lowest BCUT2D eigenvalue weighted by atomic mass is 10.2. The fourth-order valence-electron chi connectivity index (χ4n) is 2.83. The van der Waals surface area contributed by atoms with Crippen molar-refractivity contribution in [1.29, 1.82) is 0 Å². The number of rotatable bonds is 8. The first-order chi connectivity index (χ1) is 13.8. The van der Waals surface area contributed by atoms with Crippen LogP contribution in [-0.2, 0) is 0 Å². The average molecular weight is 436 g/mol. The van der Waals surface area contributed by atoms with Crippen LogP contribution in [0.2, 0.25) is 24.2 Å². The molecule has 0 saturated carbocycles. The SMILES string of the molecule is COc1cc2ncnc(Nc3ccc(F)c(Cl)c3)c2cc1OCCC[Si](C)(C)O. The van der Waals surface area contributed by atoms with Crippen molar-refractivity contribution in [3.8, 4) is 11.5 Å². The van der Waals surface area contributed by atoms with E-state index in [-0.39, 0.29) is 5.02 Å². The molecule has 0 unspecified atom stereocenters. The molecule has 3 aromatic rings. The summed E-state index contributed by atoms with van der Waals surface area (Å²) in [5, 5.41) is 3.89. The zero-order valence-electron chi connectivity index (χ0n) is 16.5. The van der Waals surface area contributed by atoms with Crippen LogP contribution in [0.1, 0.15) is 6.42 Å². The monoisotopic (exact) mass is 435 g/mol. The molecule has 0 bridgehead atoms. The Kier molecular flexibility index (Phi) is 6.56. The molecule has 1 heterocycles. The van der Waals surface area contributed by atoms with Crippen LogP contribution in [-0.4, -0.2) is 36.8 Å². The first-order valence-electron chi connectivity index (χ1n) is 9.17. The summed E-state index contributed by atoms with van der Waals surface area (Å²) in [6, 6.07) is 8.70. The Morgan fingerprint density at radius 3 is 2.66 bits per heavy atom. The zero-order valence-corrected chi connectivity index (χ0v) is 18.3. The number of nitrogens with zero attached hydrogens (tertiary/aromatic N) is 2. The van der Waals surface area contributed by atoms with Gasteiger partial charge in [0.25, 0.3) is 0 Å². The minimum Gasteiger partial charge on any atom is -0.493 e. The van der Waals surface area contributed by atoms with Gasteiger partial charge in [-0.1, -0.05) is 11.6 Å². The number of nitrogens with one attached hydrogen (secondary N) is 1. The van der Waals surface area contributed by atoms with Crippen LogP contribution in [0, 0.1) is 5.82 Å². The van der Waals surface area contributed by atoms with E-state index in [0.29, 0.717) is 35.1 Å². The quantitative estimate of drug-likeness (QED) is 0.377. The Labute approximate surface area is 174 Å². The molecule has 0 amide bonds.